The third-order valence-electron chi connectivity index (χ3n) is 20.2. The summed E-state index contributed by atoms with van der Waals surface area (Å²) in [7, 11) is 0. The summed E-state index contributed by atoms with van der Waals surface area (Å²) < 4.78 is 42.5. The second-order valence-electron chi connectivity index (χ2n) is 28.4. The summed E-state index contributed by atoms with van der Waals surface area (Å²) in [6.07, 6.45) is 10.8. The van der Waals surface area contributed by atoms with Crippen molar-refractivity contribution in [3.05, 3.63) is 213 Å². The number of aliphatic imine (C=N–C) groups is 1. The van der Waals surface area contributed by atoms with Gasteiger partial charge in [-0.05, 0) is 185 Å². The Kier molecular flexibility index (Phi) is 23.0. The highest BCUT2D eigenvalue weighted by atomic mass is 32.2. The largest absolute Gasteiger partial charge is 0.508 e. The van der Waals surface area contributed by atoms with E-state index >= 15 is 0 Å². The van der Waals surface area contributed by atoms with Crippen molar-refractivity contribution in [2.24, 2.45) is 10.7 Å². The molecule has 608 valence electrons. The number of rotatable bonds is 23. The summed E-state index contributed by atoms with van der Waals surface area (Å²) in [4.78, 5) is 81.3. The van der Waals surface area contributed by atoms with Crippen LogP contribution < -0.4 is 51.9 Å². The number of benzene rings is 8. The van der Waals surface area contributed by atoms with Crippen LogP contribution in [0.2, 0.25) is 0 Å². The minimum Gasteiger partial charge on any atom is -0.508 e. The molecule has 29 nitrogen and oxygen atoms in total. The molecule has 5 aliphatic heterocycles. The maximum atomic E-state index is 12.9. The van der Waals surface area contributed by atoms with Crippen LogP contribution in [0.15, 0.2) is 224 Å². The molecule has 0 saturated carbocycles. The monoisotopic (exact) mass is 1700 g/mol. The van der Waals surface area contributed by atoms with E-state index in [1.54, 1.807) is 73.2 Å². The highest BCUT2D eigenvalue weighted by molar-refractivity contribution is 8.14. The number of thioether (sulfide) groups is 1. The normalized spacial score (nSPS) is 13.7. The second-order valence-corrected chi connectivity index (χ2v) is 32.1. The quantitative estimate of drug-likeness (QED) is 0.0163. The molecule has 10 aromatic rings. The molecule has 34 heteroatoms. The van der Waals surface area contributed by atoms with Crippen LogP contribution in [0.4, 0.5) is 17.2 Å². The fourth-order valence-corrected chi connectivity index (χ4v) is 18.4. The third kappa shape index (κ3) is 16.4. The Morgan fingerprint density at radius 3 is 1.70 bits per heavy atom. The summed E-state index contributed by atoms with van der Waals surface area (Å²) in [6.45, 7) is 10.8. The van der Waals surface area contributed by atoms with Gasteiger partial charge in [0, 0.05) is 159 Å². The number of aryl methyl sites for hydroxylation is 1. The number of carboxylic acids is 2. The predicted octanol–water partition coefficient (Wildman–Crippen LogP) is 16.3. The first-order chi connectivity index (χ1) is 58.0. The Labute approximate surface area is 706 Å². The molecule has 11 N–H and O–H groups in total. The van der Waals surface area contributed by atoms with Gasteiger partial charge in [-0.15, -0.1) is 11.3 Å². The van der Waals surface area contributed by atoms with Gasteiger partial charge in [-0.1, -0.05) is 35.7 Å². The topological polar surface area (TPSA) is 404 Å². The number of allylic oxidation sites excluding steroid dienone is 1. The highest BCUT2D eigenvalue weighted by Gasteiger charge is 2.34. The molecule has 2 aliphatic carbocycles. The zero-order valence-corrected chi connectivity index (χ0v) is 68.5. The summed E-state index contributed by atoms with van der Waals surface area (Å²) in [6, 6.07) is 37.1. The first-order valence-corrected chi connectivity index (χ1v) is 41.1. The molecule has 0 saturated heterocycles. The van der Waals surface area contributed by atoms with Crippen molar-refractivity contribution in [2.75, 3.05) is 56.1 Å². The van der Waals surface area contributed by atoms with Crippen LogP contribution in [0.3, 0.4) is 0 Å². The number of carboxylic acid groups (broad SMARTS) is 2. The van der Waals surface area contributed by atoms with E-state index in [-0.39, 0.29) is 83.3 Å². The number of anilines is 3. The maximum absolute atomic E-state index is 12.9. The van der Waals surface area contributed by atoms with Crippen molar-refractivity contribution in [3.8, 4) is 101 Å². The van der Waals surface area contributed by atoms with Gasteiger partial charge >= 0.3 is 11.9 Å². The van der Waals surface area contributed by atoms with E-state index < -0.39 is 11.9 Å². The van der Waals surface area contributed by atoms with Crippen molar-refractivity contribution in [3.63, 3.8) is 0 Å². The molecule has 1 atom stereocenters. The average molecular weight is 1700 g/mol. The van der Waals surface area contributed by atoms with Gasteiger partial charge in [-0.3, -0.25) is 14.6 Å². The number of nitrogens with two attached hydrogens (primary N) is 2. The zero-order valence-electron chi connectivity index (χ0n) is 64.4. The van der Waals surface area contributed by atoms with Crippen molar-refractivity contribution in [2.45, 2.75) is 80.2 Å². The summed E-state index contributed by atoms with van der Waals surface area (Å²) in [5, 5.41) is 62.0. The van der Waals surface area contributed by atoms with Crippen molar-refractivity contribution in [1.82, 2.24) is 39.2 Å². The van der Waals surface area contributed by atoms with Crippen LogP contribution in [0.5, 0.6) is 34.5 Å². The molecular weight excluding hydrogens is 1630 g/mol. The highest BCUT2D eigenvalue weighted by Crippen LogP contribution is 2.49. The Balaban J connectivity index is 0.000000179. The molecule has 0 bridgehead atoms. The van der Waals surface area contributed by atoms with Crippen LogP contribution in [-0.4, -0.2) is 151 Å². The molecular formula is C86H74N14O15S5. The second kappa shape index (κ2) is 34.3. The molecule has 4 aromatic heterocycles. The van der Waals surface area contributed by atoms with E-state index in [0.717, 1.165) is 42.3 Å². The van der Waals surface area contributed by atoms with Gasteiger partial charge in [0.25, 0.3) is 0 Å². The number of carbonyl (C=O) groups is 2. The fraction of sp³-hybridized carbons (Fsp3) is 0.186. The number of phenolic OH excluding ortho intramolecular Hbond substituents is 2. The number of nitrogens with zero attached hydrogens (tertiary/aromatic N) is 9. The molecule has 0 amide bonds. The summed E-state index contributed by atoms with van der Waals surface area (Å²) in [5.74, 6) is 1.38. The lowest BCUT2D eigenvalue weighted by atomic mass is 9.90. The molecule has 17 rings (SSSR count). The molecule has 0 spiro atoms. The lowest BCUT2D eigenvalue weighted by Gasteiger charge is -2.31. The van der Waals surface area contributed by atoms with E-state index in [4.69, 9.17) is 83.5 Å². The van der Waals surface area contributed by atoms with E-state index in [1.165, 1.54) is 108 Å². The minimum atomic E-state index is -1.16. The first-order valence-electron chi connectivity index (χ1n) is 37.7. The van der Waals surface area contributed by atoms with Crippen molar-refractivity contribution < 1.29 is 62.2 Å². The van der Waals surface area contributed by atoms with Gasteiger partial charge in [0.2, 0.25) is 19.5 Å². The molecule has 1 unspecified atom stereocenters. The minimum absolute atomic E-state index is 0.00534. The summed E-state index contributed by atoms with van der Waals surface area (Å²) >= 11 is 16.3. The number of nitrogens with one attached hydrogen (secondary N) is 3. The van der Waals surface area contributed by atoms with Gasteiger partial charge in [0.15, 0.2) is 60.2 Å². The van der Waals surface area contributed by atoms with Crippen LogP contribution in [0.1, 0.15) is 61.3 Å². The Morgan fingerprint density at radius 2 is 1.18 bits per heavy atom. The standard InChI is InChI=1S/C43H35N7O8S2.C43H39N7O7S3/c1-22(2)49(42(59)47-23-4-7-26(29(16-23)41(53)54)37-27-8-5-24(51)17-32(27)58-33-18-25(52)6-9-28(33)37)13-3-14-50-31-10-11-45-39(44)38(31)48-43(50)60-36-20-35-34(56-21-57-35)19-30(36)40-46-12-15-55-40;1-23(2)49(13-3-14-50-33(10-11-44)32(21-45)48-43(50)60-38-20-37-36(55-22-56-37)19-31(38)40-46-12-15-59-40)42(58)47-24-4-7-27(30(16-24)41(53)54)39-28-8-5-25(51)17-34(28)57-35-18-26(52)6-9-29(35)39/h4-12,15-20,22,51H,3,13-14,21H2,1-2H3,(H2,44,45)(H,47,59)(H,53,54);4-12,15-20,23,32,44,51H,3,13-14,21-22,45H2,1-2H3,(H,47,58)(H,53,54)/b;33-10+,44-11?. The number of thiazole rings is 1. The lowest BCUT2D eigenvalue weighted by molar-refractivity contribution is 0.0687. The number of hydrogen-bond donors (Lipinski definition) is 9. The van der Waals surface area contributed by atoms with Gasteiger partial charge in [-0.25, -0.2) is 29.5 Å². The number of hydrogen-bond acceptors (Lipinski definition) is 27. The van der Waals surface area contributed by atoms with Gasteiger partial charge in [0.05, 0.1) is 28.4 Å². The molecule has 9 heterocycles. The number of nitrogen functional groups attached to an aromatic ring is 1. The molecule has 0 radical (unpaired) electrons. The van der Waals surface area contributed by atoms with Crippen LogP contribution >= 0.6 is 59.3 Å². The smallest absolute Gasteiger partial charge is 0.336 e. The van der Waals surface area contributed by atoms with Crippen molar-refractivity contribution >= 4 is 143 Å². The Morgan fingerprint density at radius 1 is 0.642 bits per heavy atom. The molecule has 7 aliphatic rings. The SMILES string of the molecule is CC(C)N(CCCN1C(Sc2cc3c(cc2-c2nccs2)OCO3)=NC(CN)/C1=C\C=N)C(=S)Nc1ccc(-c2c3ccc(=O)cc-3oc3cc(O)ccc23)c(C(=O)O)c1.CC(C)N(CCCn1c(Sc2cc3c(cc2-c2ncco2)OCO3)nc2c(N)nccc21)C(=S)Nc1ccc(-c2c3ccc(=O)cc-3oc3cc(O)ccc23)c(C(=O)O)c1. The number of thiocarbonyl (C=S) groups is 2. The van der Waals surface area contributed by atoms with Gasteiger partial charge in [-0.2, -0.15) is 0 Å². The zero-order chi connectivity index (χ0) is 83.7. The number of imidazole rings is 1. The van der Waals surface area contributed by atoms with E-state index in [9.17, 15) is 39.6 Å². The van der Waals surface area contributed by atoms with E-state index in [2.05, 4.69) is 35.1 Å². The lowest BCUT2D eigenvalue weighted by Crippen LogP contribution is -2.41. The number of aromatic carboxylic acids is 2. The molecule has 120 heavy (non-hydrogen) atoms. The van der Waals surface area contributed by atoms with Crippen molar-refractivity contribution in [1.29, 1.82) is 5.41 Å². The number of aromatic hydroxyl groups is 2. The van der Waals surface area contributed by atoms with Gasteiger partial charge in [0.1, 0.15) is 57.0 Å². The van der Waals surface area contributed by atoms with Crippen LogP contribution in [0, 0.1) is 5.41 Å². The Hall–Kier alpha value is -13.4. The average Bonchev–Trinajstić information content (AvgIpc) is 1.39. The Bertz CT molecular complexity index is 6510. The summed E-state index contributed by atoms with van der Waals surface area (Å²) in [5.41, 5.74) is 20.4. The molecule has 6 aromatic carbocycles. The number of pyridine rings is 1. The number of fused-ring (bicyclic) bond motifs is 7. The van der Waals surface area contributed by atoms with Crippen LogP contribution in [-0.2, 0) is 6.54 Å². The first kappa shape index (κ1) is 80.4. The van der Waals surface area contributed by atoms with Crippen LogP contribution in [0.25, 0.3) is 99.9 Å². The fourth-order valence-electron chi connectivity index (χ4n) is 14.6. The number of amidine groups is 1. The third-order valence-corrected chi connectivity index (χ3v) is 23.8. The van der Waals surface area contributed by atoms with Gasteiger partial charge < -0.3 is 99.4 Å². The van der Waals surface area contributed by atoms with E-state index in [1.807, 2.05) is 73.2 Å². The van der Waals surface area contributed by atoms with E-state index in [0.29, 0.717) is 161 Å². The molecule has 0 fully saturated rings. The number of aromatic nitrogens is 5. The predicted molar refractivity (Wildman–Crippen MR) is 469 cm³/mol. The number of oxazole rings is 1. The maximum Gasteiger partial charge on any atom is 0.336 e. The number of ether oxygens (including phenoxy) is 4. The number of phenols is 2.